The lowest BCUT2D eigenvalue weighted by atomic mass is 10.1. The Labute approximate surface area is 146 Å². The summed E-state index contributed by atoms with van der Waals surface area (Å²) in [6.07, 6.45) is 0.00562. The van der Waals surface area contributed by atoms with Crippen LogP contribution in [0.2, 0.25) is 0 Å². The summed E-state index contributed by atoms with van der Waals surface area (Å²) in [5.41, 5.74) is 1.73. The highest BCUT2D eigenvalue weighted by Crippen LogP contribution is 2.24. The van der Waals surface area contributed by atoms with Gasteiger partial charge in [-0.15, -0.1) is 0 Å². The number of amides is 1. The highest BCUT2D eigenvalue weighted by atomic mass is 19.1. The minimum atomic E-state index is -0.343. The molecular formula is C19H21FN2O3. The van der Waals surface area contributed by atoms with Crippen molar-refractivity contribution < 1.29 is 18.7 Å². The number of carbonyl (C=O) groups is 1. The predicted octanol–water partition coefficient (Wildman–Crippen LogP) is 2.85. The summed E-state index contributed by atoms with van der Waals surface area (Å²) in [5, 5.41) is 2.81. The first-order valence-corrected chi connectivity index (χ1v) is 8.18. The smallest absolute Gasteiger partial charge is 0.262 e. The number of hydrogen-bond acceptors (Lipinski definition) is 4. The first-order valence-electron chi connectivity index (χ1n) is 8.18. The molecule has 0 spiro atoms. The molecule has 1 heterocycles. The van der Waals surface area contributed by atoms with Crippen LogP contribution < -0.4 is 10.1 Å². The summed E-state index contributed by atoms with van der Waals surface area (Å²) in [4.78, 5) is 14.3. The van der Waals surface area contributed by atoms with Gasteiger partial charge < -0.3 is 19.7 Å². The minimum Gasteiger partial charge on any atom is -0.484 e. The lowest BCUT2D eigenvalue weighted by Crippen LogP contribution is -2.35. The highest BCUT2D eigenvalue weighted by Gasteiger charge is 2.19. The summed E-state index contributed by atoms with van der Waals surface area (Å²) in [6, 6.07) is 13.2. The molecule has 1 amide bonds. The van der Waals surface area contributed by atoms with Crippen LogP contribution in [0.15, 0.2) is 48.5 Å². The monoisotopic (exact) mass is 344 g/mol. The molecule has 1 fully saturated rings. The van der Waals surface area contributed by atoms with E-state index >= 15 is 0 Å². The van der Waals surface area contributed by atoms with Crippen LogP contribution in [0.25, 0.3) is 0 Å². The first kappa shape index (κ1) is 17.4. The van der Waals surface area contributed by atoms with Gasteiger partial charge in [-0.05, 0) is 49.0 Å². The Balaban J connectivity index is 1.56. The van der Waals surface area contributed by atoms with Gasteiger partial charge in [-0.3, -0.25) is 4.79 Å². The number of morpholine rings is 1. The Morgan fingerprint density at radius 3 is 2.88 bits per heavy atom. The fourth-order valence-electron chi connectivity index (χ4n) is 2.67. The largest absolute Gasteiger partial charge is 0.484 e. The van der Waals surface area contributed by atoms with E-state index in [-0.39, 0.29) is 24.4 Å². The fourth-order valence-corrected chi connectivity index (χ4v) is 2.67. The molecule has 1 N–H and O–H groups in total. The summed E-state index contributed by atoms with van der Waals surface area (Å²) in [7, 11) is 2.06. The number of nitrogens with one attached hydrogen (secondary N) is 1. The number of anilines is 1. The van der Waals surface area contributed by atoms with Gasteiger partial charge in [0.25, 0.3) is 5.91 Å². The van der Waals surface area contributed by atoms with Gasteiger partial charge in [-0.25, -0.2) is 4.39 Å². The third-order valence-electron chi connectivity index (χ3n) is 4.00. The number of hydrogen-bond donors (Lipinski definition) is 1. The van der Waals surface area contributed by atoms with E-state index in [1.54, 1.807) is 0 Å². The van der Waals surface area contributed by atoms with E-state index in [4.69, 9.17) is 9.47 Å². The third-order valence-corrected chi connectivity index (χ3v) is 4.00. The standard InChI is InChI=1S/C19H21FN2O3/c1-22-9-10-24-18(12-22)14-3-2-4-16(11-14)21-19(23)13-25-17-7-5-15(20)6-8-17/h2-8,11,18H,9-10,12-13H2,1H3,(H,21,23). The maximum absolute atomic E-state index is 12.8. The van der Waals surface area contributed by atoms with E-state index in [0.29, 0.717) is 18.0 Å². The van der Waals surface area contributed by atoms with Crippen molar-refractivity contribution >= 4 is 11.6 Å². The number of carbonyl (C=O) groups excluding carboxylic acids is 1. The highest BCUT2D eigenvalue weighted by molar-refractivity contribution is 5.91. The lowest BCUT2D eigenvalue weighted by molar-refractivity contribution is -0.118. The van der Waals surface area contributed by atoms with E-state index in [9.17, 15) is 9.18 Å². The maximum atomic E-state index is 12.8. The van der Waals surface area contributed by atoms with Crippen molar-refractivity contribution in [1.29, 1.82) is 0 Å². The molecule has 3 rings (SSSR count). The molecule has 1 atom stereocenters. The van der Waals surface area contributed by atoms with Crippen LogP contribution in [0.3, 0.4) is 0 Å². The van der Waals surface area contributed by atoms with Crippen molar-refractivity contribution in [1.82, 2.24) is 4.90 Å². The molecule has 0 radical (unpaired) electrons. The maximum Gasteiger partial charge on any atom is 0.262 e. The van der Waals surface area contributed by atoms with Crippen LogP contribution in [0, 0.1) is 5.82 Å². The molecule has 6 heteroatoms. The average molecular weight is 344 g/mol. The molecule has 0 saturated carbocycles. The zero-order valence-electron chi connectivity index (χ0n) is 14.1. The van der Waals surface area contributed by atoms with Gasteiger partial charge in [0.05, 0.1) is 12.7 Å². The Bertz CT molecular complexity index is 721. The molecule has 1 aliphatic heterocycles. The van der Waals surface area contributed by atoms with E-state index in [1.165, 1.54) is 24.3 Å². The van der Waals surface area contributed by atoms with E-state index < -0.39 is 0 Å². The SMILES string of the molecule is CN1CCOC(c2cccc(NC(=O)COc3ccc(F)cc3)c2)C1. The van der Waals surface area contributed by atoms with E-state index in [1.807, 2.05) is 24.3 Å². The first-order chi connectivity index (χ1) is 12.1. The number of ether oxygens (including phenoxy) is 2. The van der Waals surface area contributed by atoms with Crippen LogP contribution >= 0.6 is 0 Å². The van der Waals surface area contributed by atoms with Gasteiger partial charge in [0.2, 0.25) is 0 Å². The van der Waals surface area contributed by atoms with Crippen molar-refractivity contribution in [3.63, 3.8) is 0 Å². The molecular weight excluding hydrogens is 323 g/mol. The van der Waals surface area contributed by atoms with Gasteiger partial charge in [0.1, 0.15) is 11.6 Å². The van der Waals surface area contributed by atoms with E-state index in [2.05, 4.69) is 17.3 Å². The number of nitrogens with zero attached hydrogens (tertiary/aromatic N) is 1. The Kier molecular flexibility index (Phi) is 5.63. The van der Waals surface area contributed by atoms with Crippen molar-refractivity contribution in [2.24, 2.45) is 0 Å². The van der Waals surface area contributed by atoms with Gasteiger partial charge in [-0.1, -0.05) is 12.1 Å². The Morgan fingerprint density at radius 1 is 1.32 bits per heavy atom. The normalized spacial score (nSPS) is 17.9. The summed E-state index contributed by atoms with van der Waals surface area (Å²) in [6.45, 7) is 2.31. The second-order valence-corrected chi connectivity index (χ2v) is 6.04. The van der Waals surface area contributed by atoms with Crippen LogP contribution in [-0.4, -0.2) is 44.2 Å². The molecule has 0 aromatic heterocycles. The van der Waals surface area contributed by atoms with Crippen LogP contribution in [0.1, 0.15) is 11.7 Å². The molecule has 2 aromatic rings. The second kappa shape index (κ2) is 8.09. The zero-order valence-corrected chi connectivity index (χ0v) is 14.1. The molecule has 0 aliphatic carbocycles. The fraction of sp³-hybridized carbons (Fsp3) is 0.316. The molecule has 25 heavy (non-hydrogen) atoms. The molecule has 0 bridgehead atoms. The molecule has 1 aliphatic rings. The van der Waals surface area contributed by atoms with Gasteiger partial charge in [-0.2, -0.15) is 0 Å². The Morgan fingerprint density at radius 2 is 2.12 bits per heavy atom. The lowest BCUT2D eigenvalue weighted by Gasteiger charge is -2.30. The number of benzene rings is 2. The topological polar surface area (TPSA) is 50.8 Å². The van der Waals surface area contributed by atoms with Crippen molar-refractivity contribution in [3.8, 4) is 5.75 Å². The van der Waals surface area contributed by atoms with Gasteiger partial charge in [0, 0.05) is 18.8 Å². The molecule has 1 saturated heterocycles. The number of likely N-dealkylation sites (N-methyl/N-ethyl adjacent to an activating group) is 1. The average Bonchev–Trinajstić information content (AvgIpc) is 2.61. The number of rotatable bonds is 5. The quantitative estimate of drug-likeness (QED) is 0.906. The third kappa shape index (κ3) is 5.01. The Hall–Kier alpha value is -2.44. The molecule has 1 unspecified atom stereocenters. The van der Waals surface area contributed by atoms with Crippen molar-refractivity contribution in [3.05, 3.63) is 59.9 Å². The summed E-state index contributed by atoms with van der Waals surface area (Å²) < 4.78 is 24.0. The van der Waals surface area contributed by atoms with Gasteiger partial charge >= 0.3 is 0 Å². The van der Waals surface area contributed by atoms with Crippen LogP contribution in [0.4, 0.5) is 10.1 Å². The second-order valence-electron chi connectivity index (χ2n) is 6.04. The van der Waals surface area contributed by atoms with Crippen LogP contribution in [0.5, 0.6) is 5.75 Å². The molecule has 132 valence electrons. The zero-order chi connectivity index (χ0) is 17.6. The molecule has 2 aromatic carbocycles. The van der Waals surface area contributed by atoms with Crippen LogP contribution in [-0.2, 0) is 9.53 Å². The molecule has 5 nitrogen and oxygen atoms in total. The summed E-state index contributed by atoms with van der Waals surface area (Å²) >= 11 is 0. The van der Waals surface area contributed by atoms with Crippen molar-refractivity contribution in [2.45, 2.75) is 6.10 Å². The number of halogens is 1. The van der Waals surface area contributed by atoms with E-state index in [0.717, 1.165) is 18.7 Å². The minimum absolute atomic E-state index is 0.00562. The summed E-state index contributed by atoms with van der Waals surface area (Å²) in [5.74, 6) is -0.170. The van der Waals surface area contributed by atoms with Gasteiger partial charge in [0.15, 0.2) is 6.61 Å². The van der Waals surface area contributed by atoms with Crippen molar-refractivity contribution in [2.75, 3.05) is 38.7 Å². The predicted molar refractivity (Wildman–Crippen MR) is 93.2 cm³/mol.